The van der Waals surface area contributed by atoms with Crippen molar-refractivity contribution in [3.8, 4) is 0 Å². The van der Waals surface area contributed by atoms with E-state index >= 15 is 0 Å². The molecule has 0 N–H and O–H groups in total. The van der Waals surface area contributed by atoms with Gasteiger partial charge in [0.15, 0.2) is 0 Å². The first-order valence-electron chi connectivity index (χ1n) is 8.86. The van der Waals surface area contributed by atoms with Crippen molar-refractivity contribution in [1.82, 2.24) is 0 Å². The maximum absolute atomic E-state index is 4.96. The lowest BCUT2D eigenvalue weighted by molar-refractivity contribution is 0.201. The van der Waals surface area contributed by atoms with E-state index in [2.05, 4.69) is 41.5 Å². The van der Waals surface area contributed by atoms with Crippen LogP contribution in [-0.4, -0.2) is 24.5 Å². The monoisotopic (exact) mass is 290 g/mol. The van der Waals surface area contributed by atoms with Gasteiger partial charge in [-0.05, 0) is 68.6 Å². The van der Waals surface area contributed by atoms with E-state index in [9.17, 15) is 0 Å². The van der Waals surface area contributed by atoms with Crippen LogP contribution >= 0.6 is 0 Å². The lowest BCUT2D eigenvalue weighted by Gasteiger charge is -2.33. The number of fused-ring (bicyclic) bond motifs is 2. The molecule has 2 aliphatic rings. The van der Waals surface area contributed by atoms with Gasteiger partial charge in [0, 0.05) is 24.5 Å². The van der Waals surface area contributed by atoms with Crippen molar-refractivity contribution in [1.29, 1.82) is 0 Å². The summed E-state index contributed by atoms with van der Waals surface area (Å²) in [5.74, 6) is 2.90. The van der Waals surface area contributed by atoms with Crippen LogP contribution in [0.1, 0.15) is 67.2 Å². The van der Waals surface area contributed by atoms with Gasteiger partial charge < -0.3 is 0 Å². The first-order chi connectivity index (χ1) is 9.84. The van der Waals surface area contributed by atoms with Crippen LogP contribution in [0.3, 0.4) is 0 Å². The van der Waals surface area contributed by atoms with Gasteiger partial charge in [0.1, 0.15) is 0 Å². The van der Waals surface area contributed by atoms with E-state index in [1.807, 2.05) is 0 Å². The Balaban J connectivity index is 2.05. The molecular weight excluding hydrogens is 256 g/mol. The summed E-state index contributed by atoms with van der Waals surface area (Å²) in [6, 6.07) is 0. The normalized spacial score (nSPS) is 33.5. The fourth-order valence-electron chi connectivity index (χ4n) is 3.94. The third kappa shape index (κ3) is 3.76. The van der Waals surface area contributed by atoms with Crippen LogP contribution in [0.5, 0.6) is 0 Å². The maximum atomic E-state index is 4.96. The second-order valence-corrected chi connectivity index (χ2v) is 8.15. The second kappa shape index (κ2) is 6.62. The molecule has 3 atom stereocenters. The Hall–Kier alpha value is -0.660. The van der Waals surface area contributed by atoms with Crippen LogP contribution in [0, 0.1) is 29.1 Å². The Morgan fingerprint density at radius 1 is 1.05 bits per heavy atom. The average Bonchev–Trinajstić information content (AvgIpc) is 2.99. The highest BCUT2D eigenvalue weighted by atomic mass is 14.8. The van der Waals surface area contributed by atoms with Gasteiger partial charge in [0.2, 0.25) is 0 Å². The molecule has 120 valence electrons. The van der Waals surface area contributed by atoms with Crippen LogP contribution in [0.4, 0.5) is 0 Å². The zero-order valence-corrected chi connectivity index (χ0v) is 14.9. The molecule has 0 amide bonds. The van der Waals surface area contributed by atoms with Crippen LogP contribution in [0.25, 0.3) is 0 Å². The third-order valence-corrected chi connectivity index (χ3v) is 6.11. The van der Waals surface area contributed by atoms with Gasteiger partial charge in [-0.2, -0.15) is 0 Å². The highest BCUT2D eigenvalue weighted by Gasteiger charge is 2.51. The lowest BCUT2D eigenvalue weighted by Crippen LogP contribution is -2.31. The van der Waals surface area contributed by atoms with E-state index in [0.29, 0.717) is 17.3 Å². The predicted molar refractivity (Wildman–Crippen MR) is 93.5 cm³/mol. The van der Waals surface area contributed by atoms with Crippen molar-refractivity contribution >= 4 is 11.4 Å². The molecule has 0 aromatic rings. The topological polar surface area (TPSA) is 24.7 Å². The van der Waals surface area contributed by atoms with E-state index in [1.54, 1.807) is 0 Å². The van der Waals surface area contributed by atoms with Crippen LogP contribution in [0.15, 0.2) is 9.98 Å². The summed E-state index contributed by atoms with van der Waals surface area (Å²) in [7, 11) is 0. The summed E-state index contributed by atoms with van der Waals surface area (Å²) < 4.78 is 0. The van der Waals surface area contributed by atoms with Crippen molar-refractivity contribution in [3.05, 3.63) is 0 Å². The predicted octanol–water partition coefficient (Wildman–Crippen LogP) is 5.03. The van der Waals surface area contributed by atoms with E-state index in [0.717, 1.165) is 24.9 Å². The van der Waals surface area contributed by atoms with Gasteiger partial charge in [-0.15, -0.1) is 0 Å². The molecular formula is C19H34N2. The molecule has 2 rings (SSSR count). The average molecular weight is 290 g/mol. The van der Waals surface area contributed by atoms with Gasteiger partial charge in [0.05, 0.1) is 0 Å². The molecule has 0 saturated heterocycles. The Morgan fingerprint density at radius 3 is 2.24 bits per heavy atom. The smallest absolute Gasteiger partial charge is 0.0448 e. The van der Waals surface area contributed by atoms with Crippen molar-refractivity contribution in [3.63, 3.8) is 0 Å². The highest BCUT2D eigenvalue weighted by Crippen LogP contribution is 2.57. The number of aliphatic imine (C=N–C) groups is 2. The summed E-state index contributed by atoms with van der Waals surface area (Å²) in [5, 5.41) is 0. The summed E-state index contributed by atoms with van der Waals surface area (Å²) in [4.78, 5) is 9.86. The molecule has 3 unspecified atom stereocenters. The van der Waals surface area contributed by atoms with Crippen molar-refractivity contribution in [2.75, 3.05) is 13.1 Å². The minimum atomic E-state index is 0.474. The van der Waals surface area contributed by atoms with E-state index in [-0.39, 0.29) is 0 Å². The molecule has 2 fully saturated rings. The molecule has 0 aromatic heterocycles. The molecule has 2 saturated carbocycles. The van der Waals surface area contributed by atoms with Gasteiger partial charge in [-0.1, -0.05) is 27.7 Å². The molecule has 0 spiro atoms. The van der Waals surface area contributed by atoms with Crippen molar-refractivity contribution in [2.45, 2.75) is 67.2 Å². The molecule has 2 bridgehead atoms. The fraction of sp³-hybridized carbons (Fsp3) is 0.895. The zero-order chi connectivity index (χ0) is 15.6. The summed E-state index contributed by atoms with van der Waals surface area (Å²) >= 11 is 0. The van der Waals surface area contributed by atoms with E-state index in [4.69, 9.17) is 9.98 Å². The van der Waals surface area contributed by atoms with Crippen LogP contribution < -0.4 is 0 Å². The quantitative estimate of drug-likeness (QED) is 0.613. The van der Waals surface area contributed by atoms with Gasteiger partial charge in [-0.3, -0.25) is 9.98 Å². The molecule has 21 heavy (non-hydrogen) atoms. The molecule has 0 aromatic carbocycles. The first-order valence-corrected chi connectivity index (χ1v) is 8.86. The summed E-state index contributed by atoms with van der Waals surface area (Å²) in [6.07, 6.45) is 5.61. The van der Waals surface area contributed by atoms with E-state index in [1.165, 1.54) is 37.1 Å². The maximum Gasteiger partial charge on any atom is 0.0448 e. The third-order valence-electron chi connectivity index (χ3n) is 6.11. The zero-order valence-electron chi connectivity index (χ0n) is 14.9. The molecule has 2 aliphatic carbocycles. The minimum absolute atomic E-state index is 0.474. The number of nitrogens with zero attached hydrogens (tertiary/aromatic N) is 2. The Bertz CT molecular complexity index is 419. The molecule has 0 heterocycles. The summed E-state index contributed by atoms with van der Waals surface area (Å²) in [5.41, 5.74) is 3.11. The highest BCUT2D eigenvalue weighted by molar-refractivity contribution is 5.84. The van der Waals surface area contributed by atoms with E-state index < -0.39 is 0 Å². The Kier molecular flexibility index (Phi) is 5.27. The molecule has 0 radical (unpaired) electrons. The van der Waals surface area contributed by atoms with Crippen LogP contribution in [-0.2, 0) is 0 Å². The number of rotatable bonds is 6. The molecule has 0 aliphatic heterocycles. The molecule has 2 nitrogen and oxygen atoms in total. The second-order valence-electron chi connectivity index (χ2n) is 8.15. The Labute approximate surface area is 131 Å². The van der Waals surface area contributed by atoms with Gasteiger partial charge in [0.25, 0.3) is 0 Å². The van der Waals surface area contributed by atoms with Crippen LogP contribution in [0.2, 0.25) is 0 Å². The first kappa shape index (κ1) is 16.7. The number of hydrogen-bond donors (Lipinski definition) is 0. The van der Waals surface area contributed by atoms with Crippen molar-refractivity contribution < 1.29 is 0 Å². The summed E-state index contributed by atoms with van der Waals surface area (Å²) in [6.45, 7) is 15.4. The fourth-order valence-corrected chi connectivity index (χ4v) is 3.94. The SMILES string of the molecule is CC(=NCC1CC2CCC1(CN=C(C)C(C)C)C2)C(C)C. The van der Waals surface area contributed by atoms with Crippen molar-refractivity contribution in [2.24, 2.45) is 39.1 Å². The van der Waals surface area contributed by atoms with Gasteiger partial charge >= 0.3 is 0 Å². The molecule has 2 heteroatoms. The minimum Gasteiger partial charge on any atom is -0.294 e. The Morgan fingerprint density at radius 2 is 1.67 bits per heavy atom. The standard InChI is InChI=1S/C19H34N2/c1-13(2)15(5)20-11-18-9-17-7-8-19(18,10-17)12-21-16(6)14(3)4/h13-14,17-18H,7-12H2,1-6H3. The van der Waals surface area contributed by atoms with Gasteiger partial charge in [-0.25, -0.2) is 0 Å². The lowest BCUT2D eigenvalue weighted by atomic mass is 9.75. The number of hydrogen-bond acceptors (Lipinski definition) is 2. The largest absolute Gasteiger partial charge is 0.294 e.